The van der Waals surface area contributed by atoms with E-state index >= 15 is 0 Å². The molecule has 1 N–H and O–H groups in total. The number of rotatable bonds is 4. The molecule has 0 aromatic rings. The molecule has 0 aliphatic carbocycles. The zero-order valence-electron chi connectivity index (χ0n) is 13.9. The second kappa shape index (κ2) is 6.85. The summed E-state index contributed by atoms with van der Waals surface area (Å²) in [6, 6.07) is -1.10. The maximum absolute atomic E-state index is 12.3. The van der Waals surface area contributed by atoms with Crippen LogP contribution in [0.3, 0.4) is 0 Å². The number of carbonyl (C=O) groups excluding carboxylic acids is 2. The van der Waals surface area contributed by atoms with Gasteiger partial charge in [-0.2, -0.15) is 0 Å². The highest BCUT2D eigenvalue weighted by molar-refractivity contribution is 7.90. The molecule has 22 heavy (non-hydrogen) atoms. The highest BCUT2D eigenvalue weighted by Gasteiger charge is 2.37. The van der Waals surface area contributed by atoms with Crippen molar-refractivity contribution >= 4 is 21.8 Å². The van der Waals surface area contributed by atoms with E-state index < -0.39 is 33.6 Å². The molecule has 0 saturated carbocycles. The van der Waals surface area contributed by atoms with Gasteiger partial charge in [0.25, 0.3) is 0 Å². The normalized spacial score (nSPS) is 20.6. The lowest BCUT2D eigenvalue weighted by Crippen LogP contribution is -2.50. The van der Waals surface area contributed by atoms with Gasteiger partial charge in [-0.25, -0.2) is 13.2 Å². The number of sulfone groups is 1. The fraction of sp³-hybridized carbons (Fsp3) is 0.857. The molecule has 0 spiro atoms. The second-order valence-electron chi connectivity index (χ2n) is 6.83. The summed E-state index contributed by atoms with van der Waals surface area (Å²) in [6.45, 7) is 7.40. The number of ether oxygens (including phenoxy) is 1. The number of nitrogens with one attached hydrogen (secondary N) is 1. The van der Waals surface area contributed by atoms with E-state index in [0.717, 1.165) is 12.7 Å². The molecule has 2 atom stereocenters. The number of hydrogen-bond acceptors (Lipinski definition) is 5. The smallest absolute Gasteiger partial charge is 0.410 e. The molecule has 0 unspecified atom stereocenters. The molecule has 1 heterocycles. The molecule has 1 aliphatic rings. The predicted octanol–water partition coefficient (Wildman–Crippen LogP) is 0.935. The van der Waals surface area contributed by atoms with Crippen LogP contribution in [0.15, 0.2) is 0 Å². The first-order chi connectivity index (χ1) is 9.89. The fourth-order valence-electron chi connectivity index (χ4n) is 2.41. The van der Waals surface area contributed by atoms with E-state index in [1.54, 1.807) is 27.7 Å². The minimum Gasteiger partial charge on any atom is -0.444 e. The molecular weight excluding hydrogens is 308 g/mol. The van der Waals surface area contributed by atoms with Gasteiger partial charge in [0.15, 0.2) is 0 Å². The molecule has 128 valence electrons. The topological polar surface area (TPSA) is 92.8 Å². The quantitative estimate of drug-likeness (QED) is 0.826. The Kier molecular flexibility index (Phi) is 5.83. The van der Waals surface area contributed by atoms with Crippen LogP contribution < -0.4 is 5.32 Å². The lowest BCUT2D eigenvalue weighted by molar-refractivity contribution is -0.125. The van der Waals surface area contributed by atoms with Gasteiger partial charge in [-0.3, -0.25) is 9.69 Å². The average molecular weight is 334 g/mol. The van der Waals surface area contributed by atoms with Crippen molar-refractivity contribution in [3.63, 3.8) is 0 Å². The molecule has 0 aromatic heterocycles. The van der Waals surface area contributed by atoms with Gasteiger partial charge in [0.2, 0.25) is 5.91 Å². The second-order valence-corrected chi connectivity index (χ2v) is 9.02. The van der Waals surface area contributed by atoms with E-state index in [2.05, 4.69) is 5.32 Å². The first kappa shape index (κ1) is 18.7. The van der Waals surface area contributed by atoms with Crippen LogP contribution in [0.1, 0.15) is 40.5 Å². The maximum Gasteiger partial charge on any atom is 0.410 e. The van der Waals surface area contributed by atoms with E-state index in [9.17, 15) is 18.0 Å². The monoisotopic (exact) mass is 334 g/mol. The minimum absolute atomic E-state index is 0.127. The van der Waals surface area contributed by atoms with Gasteiger partial charge in [0.1, 0.15) is 21.5 Å². The van der Waals surface area contributed by atoms with Gasteiger partial charge in [-0.05, 0) is 40.5 Å². The van der Waals surface area contributed by atoms with Crippen LogP contribution in [0, 0.1) is 0 Å². The van der Waals surface area contributed by atoms with Crippen LogP contribution in [0.25, 0.3) is 0 Å². The molecule has 0 radical (unpaired) electrons. The number of carbonyl (C=O) groups is 2. The minimum atomic E-state index is -3.17. The van der Waals surface area contributed by atoms with Crippen LogP contribution in [-0.4, -0.2) is 61.6 Å². The van der Waals surface area contributed by atoms with Gasteiger partial charge in [0, 0.05) is 18.8 Å². The SMILES string of the molecule is C[C@@H](CS(C)(=O)=O)NC(=O)[C@H]1CCCN1C(=O)OC(C)(C)C. The van der Waals surface area contributed by atoms with Gasteiger partial charge in [-0.15, -0.1) is 0 Å². The Morgan fingerprint density at radius 3 is 2.45 bits per heavy atom. The first-order valence-corrected chi connectivity index (χ1v) is 9.43. The Balaban J connectivity index is 2.66. The van der Waals surface area contributed by atoms with Crippen molar-refractivity contribution in [1.82, 2.24) is 10.2 Å². The molecule has 1 aliphatic heterocycles. The summed E-state index contributed by atoms with van der Waals surface area (Å²) < 4.78 is 27.8. The summed E-state index contributed by atoms with van der Waals surface area (Å²) in [7, 11) is -3.17. The lowest BCUT2D eigenvalue weighted by atomic mass is 10.2. The van der Waals surface area contributed by atoms with E-state index in [-0.39, 0.29) is 11.7 Å². The van der Waals surface area contributed by atoms with Gasteiger partial charge in [-0.1, -0.05) is 0 Å². The van der Waals surface area contributed by atoms with E-state index in [1.807, 2.05) is 0 Å². The van der Waals surface area contributed by atoms with Crippen LogP contribution >= 0.6 is 0 Å². The Labute approximate surface area is 132 Å². The van der Waals surface area contributed by atoms with Gasteiger partial charge in [0.05, 0.1) is 5.75 Å². The zero-order chi connectivity index (χ0) is 17.1. The Bertz CT molecular complexity index is 524. The summed E-state index contributed by atoms with van der Waals surface area (Å²) in [5, 5.41) is 2.66. The van der Waals surface area contributed by atoms with Crippen LogP contribution in [0.4, 0.5) is 4.79 Å². The third-order valence-electron chi connectivity index (χ3n) is 3.12. The van der Waals surface area contributed by atoms with Crippen molar-refractivity contribution < 1.29 is 22.7 Å². The molecule has 8 heteroatoms. The number of hydrogen-bond donors (Lipinski definition) is 1. The van der Waals surface area contributed by atoms with Crippen molar-refractivity contribution in [1.29, 1.82) is 0 Å². The number of likely N-dealkylation sites (tertiary alicyclic amines) is 1. The molecule has 1 saturated heterocycles. The van der Waals surface area contributed by atoms with Crippen molar-refractivity contribution in [3.05, 3.63) is 0 Å². The third-order valence-corrected chi connectivity index (χ3v) is 4.23. The third kappa shape index (κ3) is 6.21. The van der Waals surface area contributed by atoms with E-state index in [1.165, 1.54) is 4.90 Å². The van der Waals surface area contributed by atoms with E-state index in [0.29, 0.717) is 13.0 Å². The lowest BCUT2D eigenvalue weighted by Gasteiger charge is -2.28. The molecule has 1 fully saturated rings. The maximum atomic E-state index is 12.3. The number of nitrogens with zero attached hydrogens (tertiary/aromatic N) is 1. The predicted molar refractivity (Wildman–Crippen MR) is 83.3 cm³/mol. The highest BCUT2D eigenvalue weighted by Crippen LogP contribution is 2.21. The summed E-state index contributed by atoms with van der Waals surface area (Å²) in [5.74, 6) is -0.461. The van der Waals surface area contributed by atoms with Gasteiger partial charge >= 0.3 is 6.09 Å². The Morgan fingerprint density at radius 1 is 1.36 bits per heavy atom. The first-order valence-electron chi connectivity index (χ1n) is 7.37. The zero-order valence-corrected chi connectivity index (χ0v) is 14.7. The number of amides is 2. The molecular formula is C14H26N2O5S. The average Bonchev–Trinajstić information content (AvgIpc) is 2.71. The Morgan fingerprint density at radius 2 is 1.95 bits per heavy atom. The molecule has 0 aromatic carbocycles. The Hall–Kier alpha value is -1.31. The van der Waals surface area contributed by atoms with Crippen LogP contribution in [0.5, 0.6) is 0 Å². The highest BCUT2D eigenvalue weighted by atomic mass is 32.2. The standard InChI is InChI=1S/C14H26N2O5S/c1-10(9-22(5,19)20)15-12(17)11-7-6-8-16(11)13(18)21-14(2,3)4/h10-11H,6-9H2,1-5H3,(H,15,17)/t10-,11+/m0/s1. The van der Waals surface area contributed by atoms with Crippen molar-refractivity contribution in [3.8, 4) is 0 Å². The van der Waals surface area contributed by atoms with Crippen LogP contribution in [0.2, 0.25) is 0 Å². The molecule has 1 rings (SSSR count). The van der Waals surface area contributed by atoms with Crippen molar-refractivity contribution in [2.45, 2.75) is 58.2 Å². The fourth-order valence-corrected chi connectivity index (χ4v) is 3.40. The summed E-state index contributed by atoms with van der Waals surface area (Å²) in [4.78, 5) is 25.8. The molecule has 7 nitrogen and oxygen atoms in total. The summed E-state index contributed by atoms with van der Waals surface area (Å²) in [6.07, 6.45) is 1.88. The van der Waals surface area contributed by atoms with E-state index in [4.69, 9.17) is 4.74 Å². The van der Waals surface area contributed by atoms with Gasteiger partial charge < -0.3 is 10.1 Å². The molecule has 0 bridgehead atoms. The largest absolute Gasteiger partial charge is 0.444 e. The summed E-state index contributed by atoms with van der Waals surface area (Å²) >= 11 is 0. The van der Waals surface area contributed by atoms with Crippen LogP contribution in [-0.2, 0) is 19.4 Å². The van der Waals surface area contributed by atoms with Crippen molar-refractivity contribution in [2.24, 2.45) is 0 Å². The summed E-state index contributed by atoms with van der Waals surface area (Å²) in [5.41, 5.74) is -0.621. The van der Waals surface area contributed by atoms with Crippen molar-refractivity contribution in [2.75, 3.05) is 18.6 Å². The molecule has 2 amide bonds.